The van der Waals surface area contributed by atoms with Crippen molar-refractivity contribution in [3.05, 3.63) is 35.9 Å². The van der Waals surface area contributed by atoms with Crippen molar-refractivity contribution < 1.29 is 0 Å². The van der Waals surface area contributed by atoms with Gasteiger partial charge in [-0.2, -0.15) is 12.6 Å². The van der Waals surface area contributed by atoms with Crippen LogP contribution in [0.5, 0.6) is 0 Å². The van der Waals surface area contributed by atoms with Crippen LogP contribution in [0.4, 0.5) is 0 Å². The quantitative estimate of drug-likeness (QED) is 0.748. The van der Waals surface area contributed by atoms with Crippen LogP contribution < -0.4 is 0 Å². The maximum absolute atomic E-state index is 4.69. The number of rotatable bonds is 2. The molecule has 2 heteroatoms. The Morgan fingerprint density at radius 1 is 1.27 bits per heavy atom. The Balaban J connectivity index is 2.23. The van der Waals surface area contributed by atoms with E-state index in [0.717, 1.165) is 6.54 Å². The first-order valence-electron chi connectivity index (χ1n) is 5.63. The normalized spacial score (nSPS) is 23.3. The Kier molecular flexibility index (Phi) is 3.08. The first kappa shape index (κ1) is 11.0. The predicted octanol–water partition coefficient (Wildman–Crippen LogP) is 3.49. The third-order valence-corrected chi connectivity index (χ3v) is 3.40. The van der Waals surface area contributed by atoms with Gasteiger partial charge in [0.05, 0.1) is 4.87 Å². The molecule has 1 fully saturated rings. The van der Waals surface area contributed by atoms with E-state index >= 15 is 0 Å². The summed E-state index contributed by atoms with van der Waals surface area (Å²) in [6.45, 7) is 5.52. The van der Waals surface area contributed by atoms with E-state index in [1.54, 1.807) is 0 Å². The largest absolute Gasteiger partial charge is 0.283 e. The lowest BCUT2D eigenvalue weighted by molar-refractivity contribution is 0.181. The lowest BCUT2D eigenvalue weighted by Crippen LogP contribution is -2.38. The Morgan fingerprint density at radius 2 is 1.93 bits per heavy atom. The minimum Gasteiger partial charge on any atom is -0.283 e. The number of nitrogens with zero attached hydrogens (tertiary/aromatic N) is 1. The van der Waals surface area contributed by atoms with Crippen molar-refractivity contribution >= 4 is 12.6 Å². The molecule has 0 bridgehead atoms. The zero-order valence-corrected chi connectivity index (χ0v) is 10.4. The fraction of sp³-hybridized carbons (Fsp3) is 0.538. The van der Waals surface area contributed by atoms with Crippen LogP contribution in [0.3, 0.4) is 0 Å². The highest BCUT2D eigenvalue weighted by atomic mass is 32.1. The van der Waals surface area contributed by atoms with Crippen LogP contribution in [0.25, 0.3) is 0 Å². The molecule has 1 aliphatic heterocycles. The molecule has 0 N–H and O–H groups in total. The standard InChI is InChI=1S/C13H19NS/c1-13(2,15)14-10-6-9-12(14)11-7-4-3-5-8-11/h3-5,7-8,12,15H,6,9-10H2,1-2H3/t12-/m1/s1. The van der Waals surface area contributed by atoms with E-state index in [4.69, 9.17) is 0 Å². The average molecular weight is 221 g/mol. The SMILES string of the molecule is CC(C)(S)N1CCC[C@@H]1c1ccccc1. The molecular formula is C13H19NS. The zero-order valence-electron chi connectivity index (χ0n) is 9.48. The minimum absolute atomic E-state index is 0.0169. The fourth-order valence-corrected chi connectivity index (χ4v) is 2.68. The van der Waals surface area contributed by atoms with Crippen LogP contribution >= 0.6 is 12.6 Å². The highest BCUT2D eigenvalue weighted by molar-refractivity contribution is 7.81. The number of hydrogen-bond donors (Lipinski definition) is 1. The summed E-state index contributed by atoms with van der Waals surface area (Å²) >= 11 is 4.69. The van der Waals surface area contributed by atoms with Gasteiger partial charge in [-0.1, -0.05) is 30.3 Å². The van der Waals surface area contributed by atoms with E-state index in [1.165, 1.54) is 18.4 Å². The lowest BCUT2D eigenvalue weighted by Gasteiger charge is -2.36. The number of thiol groups is 1. The molecule has 0 saturated carbocycles. The van der Waals surface area contributed by atoms with Crippen molar-refractivity contribution in [3.63, 3.8) is 0 Å². The summed E-state index contributed by atoms with van der Waals surface area (Å²) in [5, 5.41) is 0. The van der Waals surface area contributed by atoms with Crippen LogP contribution in [0.2, 0.25) is 0 Å². The number of likely N-dealkylation sites (tertiary alicyclic amines) is 1. The van der Waals surface area contributed by atoms with Gasteiger partial charge in [-0.3, -0.25) is 4.90 Å². The Morgan fingerprint density at radius 3 is 2.53 bits per heavy atom. The molecule has 82 valence electrons. The first-order valence-corrected chi connectivity index (χ1v) is 6.08. The Labute approximate surface area is 97.9 Å². The first-order chi connectivity index (χ1) is 7.09. The summed E-state index contributed by atoms with van der Waals surface area (Å²) in [5.74, 6) is 0. The van der Waals surface area contributed by atoms with Gasteiger partial charge in [0.15, 0.2) is 0 Å². The van der Waals surface area contributed by atoms with Crippen molar-refractivity contribution in [2.45, 2.75) is 37.6 Å². The Hall–Kier alpha value is -0.470. The van der Waals surface area contributed by atoms with Crippen molar-refractivity contribution in [1.29, 1.82) is 0 Å². The van der Waals surface area contributed by atoms with E-state index in [0.29, 0.717) is 6.04 Å². The van der Waals surface area contributed by atoms with Crippen molar-refractivity contribution in [2.75, 3.05) is 6.54 Å². The molecule has 0 spiro atoms. The van der Waals surface area contributed by atoms with E-state index in [1.807, 2.05) is 0 Å². The molecule has 1 aromatic carbocycles. The smallest absolute Gasteiger partial charge is 0.0588 e. The van der Waals surface area contributed by atoms with Crippen molar-refractivity contribution in [2.24, 2.45) is 0 Å². The topological polar surface area (TPSA) is 3.24 Å². The molecule has 15 heavy (non-hydrogen) atoms. The van der Waals surface area contributed by atoms with E-state index in [-0.39, 0.29) is 4.87 Å². The maximum atomic E-state index is 4.69. The molecule has 1 heterocycles. The second-order valence-corrected chi connectivity index (χ2v) is 5.85. The predicted molar refractivity (Wildman–Crippen MR) is 68.2 cm³/mol. The van der Waals surface area contributed by atoms with Crippen LogP contribution in [0.1, 0.15) is 38.3 Å². The number of hydrogen-bond acceptors (Lipinski definition) is 2. The minimum atomic E-state index is -0.0169. The van der Waals surface area contributed by atoms with Gasteiger partial charge < -0.3 is 0 Å². The van der Waals surface area contributed by atoms with E-state index < -0.39 is 0 Å². The molecule has 1 nitrogen and oxygen atoms in total. The van der Waals surface area contributed by atoms with Gasteiger partial charge in [-0.05, 0) is 32.3 Å². The second-order valence-electron chi connectivity index (χ2n) is 4.76. The molecule has 0 amide bonds. The summed E-state index contributed by atoms with van der Waals surface area (Å²) < 4.78 is 0. The summed E-state index contributed by atoms with van der Waals surface area (Å²) in [4.78, 5) is 2.47. The molecule has 1 aromatic rings. The molecule has 0 aliphatic carbocycles. The molecule has 1 atom stereocenters. The average Bonchev–Trinajstić information content (AvgIpc) is 2.67. The van der Waals surface area contributed by atoms with Gasteiger partial charge in [0.2, 0.25) is 0 Å². The van der Waals surface area contributed by atoms with E-state index in [2.05, 4.69) is 61.7 Å². The Bertz CT molecular complexity index is 315. The van der Waals surface area contributed by atoms with Crippen LogP contribution in [-0.2, 0) is 0 Å². The van der Waals surface area contributed by atoms with Crippen LogP contribution in [-0.4, -0.2) is 16.3 Å². The highest BCUT2D eigenvalue weighted by Crippen LogP contribution is 2.38. The monoisotopic (exact) mass is 221 g/mol. The van der Waals surface area contributed by atoms with Crippen LogP contribution in [0, 0.1) is 0 Å². The van der Waals surface area contributed by atoms with Crippen molar-refractivity contribution in [1.82, 2.24) is 4.90 Å². The third-order valence-electron chi connectivity index (χ3n) is 3.14. The molecule has 0 unspecified atom stereocenters. The maximum Gasteiger partial charge on any atom is 0.0588 e. The van der Waals surface area contributed by atoms with Crippen LogP contribution in [0.15, 0.2) is 30.3 Å². The zero-order chi connectivity index (χ0) is 10.9. The molecule has 1 aliphatic rings. The summed E-state index contributed by atoms with van der Waals surface area (Å²) in [6.07, 6.45) is 2.54. The van der Waals surface area contributed by atoms with Gasteiger partial charge in [-0.25, -0.2) is 0 Å². The van der Waals surface area contributed by atoms with Gasteiger partial charge in [0.1, 0.15) is 0 Å². The third kappa shape index (κ3) is 2.37. The molecule has 1 saturated heterocycles. The fourth-order valence-electron chi connectivity index (χ4n) is 2.44. The van der Waals surface area contributed by atoms with E-state index in [9.17, 15) is 0 Å². The lowest BCUT2D eigenvalue weighted by atomic mass is 10.0. The second kappa shape index (κ2) is 4.18. The number of benzene rings is 1. The molecule has 0 radical (unpaired) electrons. The highest BCUT2D eigenvalue weighted by Gasteiger charge is 2.34. The van der Waals surface area contributed by atoms with Gasteiger partial charge in [0, 0.05) is 12.6 Å². The van der Waals surface area contributed by atoms with Gasteiger partial charge in [-0.15, -0.1) is 0 Å². The van der Waals surface area contributed by atoms with Gasteiger partial charge >= 0.3 is 0 Å². The summed E-state index contributed by atoms with van der Waals surface area (Å²) in [6, 6.07) is 11.3. The molecule has 0 aromatic heterocycles. The summed E-state index contributed by atoms with van der Waals surface area (Å²) in [7, 11) is 0. The van der Waals surface area contributed by atoms with Crippen molar-refractivity contribution in [3.8, 4) is 0 Å². The molecule has 2 rings (SSSR count). The van der Waals surface area contributed by atoms with Gasteiger partial charge in [0.25, 0.3) is 0 Å². The summed E-state index contributed by atoms with van der Waals surface area (Å²) in [5.41, 5.74) is 1.43. The molecular weight excluding hydrogens is 202 g/mol.